The van der Waals surface area contributed by atoms with E-state index in [2.05, 4.69) is 39.6 Å². The third kappa shape index (κ3) is 5.39. The van der Waals surface area contributed by atoms with Gasteiger partial charge in [-0.25, -0.2) is 4.98 Å². The summed E-state index contributed by atoms with van der Waals surface area (Å²) in [5.41, 5.74) is 7.17. The van der Waals surface area contributed by atoms with Crippen LogP contribution in [0.2, 0.25) is 0 Å². The van der Waals surface area contributed by atoms with Crippen molar-refractivity contribution >= 4 is 35.3 Å². The molecule has 0 radical (unpaired) electrons. The highest BCUT2D eigenvalue weighted by atomic mass is 35.5. The Morgan fingerprint density at radius 2 is 2.00 bits per heavy atom. The summed E-state index contributed by atoms with van der Waals surface area (Å²) in [5.74, 6) is 1.28. The molecule has 0 saturated heterocycles. The van der Waals surface area contributed by atoms with Crippen molar-refractivity contribution in [3.63, 3.8) is 0 Å². The zero-order valence-corrected chi connectivity index (χ0v) is 16.1. The van der Waals surface area contributed by atoms with Crippen LogP contribution < -0.4 is 11.1 Å². The number of thiophene rings is 1. The van der Waals surface area contributed by atoms with Crippen LogP contribution in [0.25, 0.3) is 11.4 Å². The minimum absolute atomic E-state index is 0. The molecule has 1 amide bonds. The van der Waals surface area contributed by atoms with Gasteiger partial charge >= 0.3 is 0 Å². The van der Waals surface area contributed by atoms with E-state index in [1.807, 2.05) is 24.3 Å². The number of hydrogen-bond acceptors (Lipinski definition) is 5. The zero-order chi connectivity index (χ0) is 17.6. The Bertz CT molecular complexity index is 843. The lowest BCUT2D eigenvalue weighted by Crippen LogP contribution is -2.11. The number of nitrogens with zero attached hydrogens (tertiary/aromatic N) is 2. The fourth-order valence-electron chi connectivity index (χ4n) is 2.48. The van der Waals surface area contributed by atoms with Crippen LogP contribution in [0, 0.1) is 6.92 Å². The number of carbonyl (C=O) groups excluding carboxylic acids is 1. The van der Waals surface area contributed by atoms with Crippen LogP contribution in [0.3, 0.4) is 0 Å². The van der Waals surface area contributed by atoms with Crippen LogP contribution in [-0.2, 0) is 17.8 Å². The van der Waals surface area contributed by atoms with Crippen LogP contribution in [0.1, 0.15) is 28.4 Å². The first-order chi connectivity index (χ1) is 12.1. The summed E-state index contributed by atoms with van der Waals surface area (Å²) >= 11 is 1.79. The first-order valence-electron chi connectivity index (χ1n) is 8.21. The second-order valence-corrected chi connectivity index (χ2v) is 7.17. The molecule has 138 valence electrons. The molecule has 2 heterocycles. The molecule has 0 aliphatic heterocycles. The number of anilines is 1. The van der Waals surface area contributed by atoms with E-state index in [0.29, 0.717) is 24.6 Å². The molecule has 0 unspecified atom stereocenters. The normalized spacial score (nSPS) is 10.4. The molecule has 0 spiro atoms. The number of H-pyrrole nitrogens is 1. The molecular formula is C18H22ClN5OS. The van der Waals surface area contributed by atoms with Crippen molar-refractivity contribution in [3.8, 4) is 11.4 Å². The van der Waals surface area contributed by atoms with Crippen molar-refractivity contribution in [2.24, 2.45) is 5.73 Å². The number of aromatic amines is 1. The Labute approximate surface area is 162 Å². The Morgan fingerprint density at radius 3 is 2.62 bits per heavy atom. The Balaban J connectivity index is 0.00000243. The molecule has 6 nitrogen and oxygen atoms in total. The third-order valence-corrected chi connectivity index (χ3v) is 4.84. The minimum atomic E-state index is 0. The maximum atomic E-state index is 12.1. The monoisotopic (exact) mass is 391 g/mol. The summed E-state index contributed by atoms with van der Waals surface area (Å²) in [6, 6.07) is 11.7. The molecule has 0 fully saturated rings. The first-order valence-corrected chi connectivity index (χ1v) is 9.02. The number of aryl methyl sites for hydroxylation is 2. The molecule has 1 aromatic carbocycles. The van der Waals surface area contributed by atoms with E-state index in [1.54, 1.807) is 11.3 Å². The summed E-state index contributed by atoms with van der Waals surface area (Å²) < 4.78 is 0. The van der Waals surface area contributed by atoms with Gasteiger partial charge in [0.15, 0.2) is 5.82 Å². The lowest BCUT2D eigenvalue weighted by Gasteiger charge is -2.05. The zero-order valence-electron chi connectivity index (χ0n) is 14.5. The molecule has 0 bridgehead atoms. The van der Waals surface area contributed by atoms with Crippen molar-refractivity contribution in [3.05, 3.63) is 52.0 Å². The Morgan fingerprint density at radius 1 is 1.23 bits per heavy atom. The molecule has 0 aliphatic rings. The lowest BCUT2D eigenvalue weighted by molar-refractivity contribution is -0.116. The van der Waals surface area contributed by atoms with Gasteiger partial charge in [-0.3, -0.25) is 9.89 Å². The largest absolute Gasteiger partial charge is 0.326 e. The van der Waals surface area contributed by atoms with E-state index in [-0.39, 0.29) is 18.3 Å². The van der Waals surface area contributed by atoms with E-state index >= 15 is 0 Å². The molecule has 3 rings (SSSR count). The van der Waals surface area contributed by atoms with Gasteiger partial charge < -0.3 is 11.1 Å². The van der Waals surface area contributed by atoms with E-state index in [1.165, 1.54) is 9.75 Å². The van der Waals surface area contributed by atoms with Gasteiger partial charge in [0.05, 0.1) is 6.54 Å². The smallest absolute Gasteiger partial charge is 0.224 e. The van der Waals surface area contributed by atoms with Gasteiger partial charge in [-0.15, -0.1) is 23.7 Å². The quantitative estimate of drug-likeness (QED) is 0.572. The number of nitrogens with one attached hydrogen (secondary N) is 2. The van der Waals surface area contributed by atoms with Crippen LogP contribution in [0.5, 0.6) is 0 Å². The molecular weight excluding hydrogens is 370 g/mol. The van der Waals surface area contributed by atoms with Gasteiger partial charge in [-0.2, -0.15) is 5.10 Å². The average Bonchev–Trinajstić information content (AvgIpc) is 3.24. The van der Waals surface area contributed by atoms with Crippen LogP contribution in [0.15, 0.2) is 36.4 Å². The first kappa shape index (κ1) is 20.1. The SMILES string of the molecule is Cc1ccc(CCCC(=O)Nc2ccc(-c3n[nH]c(CN)n3)cc2)s1.Cl. The van der Waals surface area contributed by atoms with Crippen molar-refractivity contribution in [2.75, 3.05) is 5.32 Å². The second-order valence-electron chi connectivity index (χ2n) is 5.80. The van der Waals surface area contributed by atoms with Gasteiger partial charge in [-0.05, 0) is 56.2 Å². The Kier molecular flexibility index (Phi) is 7.32. The predicted molar refractivity (Wildman–Crippen MR) is 108 cm³/mol. The number of nitrogens with two attached hydrogens (primary N) is 1. The molecule has 3 aromatic rings. The minimum Gasteiger partial charge on any atom is -0.326 e. The van der Waals surface area contributed by atoms with Crippen LogP contribution >= 0.6 is 23.7 Å². The van der Waals surface area contributed by atoms with Crippen molar-refractivity contribution < 1.29 is 4.79 Å². The van der Waals surface area contributed by atoms with Crippen molar-refractivity contribution in [2.45, 2.75) is 32.7 Å². The highest BCUT2D eigenvalue weighted by Gasteiger charge is 2.07. The molecule has 0 saturated carbocycles. The maximum Gasteiger partial charge on any atom is 0.224 e. The topological polar surface area (TPSA) is 96.7 Å². The molecule has 0 atom stereocenters. The fourth-order valence-corrected chi connectivity index (χ4v) is 3.42. The number of halogens is 1. The average molecular weight is 392 g/mol. The highest BCUT2D eigenvalue weighted by Crippen LogP contribution is 2.19. The maximum absolute atomic E-state index is 12.1. The van der Waals surface area contributed by atoms with Gasteiger partial charge in [0.25, 0.3) is 0 Å². The fraction of sp³-hybridized carbons (Fsp3) is 0.278. The van der Waals surface area contributed by atoms with E-state index in [0.717, 1.165) is 24.1 Å². The van der Waals surface area contributed by atoms with Gasteiger partial charge in [0.1, 0.15) is 5.82 Å². The van der Waals surface area contributed by atoms with Gasteiger partial charge in [0, 0.05) is 27.4 Å². The van der Waals surface area contributed by atoms with Crippen molar-refractivity contribution in [1.82, 2.24) is 15.2 Å². The number of benzene rings is 1. The number of carbonyl (C=O) groups is 1. The van der Waals surface area contributed by atoms with Gasteiger partial charge in [-0.1, -0.05) is 0 Å². The van der Waals surface area contributed by atoms with Crippen LogP contribution in [-0.4, -0.2) is 21.1 Å². The highest BCUT2D eigenvalue weighted by molar-refractivity contribution is 7.11. The third-order valence-electron chi connectivity index (χ3n) is 3.77. The summed E-state index contributed by atoms with van der Waals surface area (Å²) in [4.78, 5) is 19.0. The van der Waals surface area contributed by atoms with Crippen molar-refractivity contribution in [1.29, 1.82) is 0 Å². The van der Waals surface area contributed by atoms with E-state index in [4.69, 9.17) is 5.73 Å². The molecule has 2 aromatic heterocycles. The van der Waals surface area contributed by atoms with Crippen LogP contribution in [0.4, 0.5) is 5.69 Å². The summed E-state index contributed by atoms with van der Waals surface area (Å²) in [7, 11) is 0. The lowest BCUT2D eigenvalue weighted by atomic mass is 10.2. The standard InChI is InChI=1S/C18H21N5OS.ClH/c1-12-5-10-15(25-12)3-2-4-17(24)20-14-8-6-13(7-9-14)18-21-16(11-19)22-23-18;/h5-10H,2-4,11,19H2,1H3,(H,20,24)(H,21,22,23);1H. The number of hydrogen-bond donors (Lipinski definition) is 3. The summed E-state index contributed by atoms with van der Waals surface area (Å²) in [6.07, 6.45) is 2.31. The second kappa shape index (κ2) is 9.47. The predicted octanol–water partition coefficient (Wildman–Crippen LogP) is 3.68. The molecule has 0 aliphatic carbocycles. The number of amides is 1. The summed E-state index contributed by atoms with van der Waals surface area (Å²) in [6.45, 7) is 2.42. The molecule has 26 heavy (non-hydrogen) atoms. The number of aromatic nitrogens is 3. The van der Waals surface area contributed by atoms with E-state index in [9.17, 15) is 4.79 Å². The van der Waals surface area contributed by atoms with Gasteiger partial charge in [0.2, 0.25) is 5.91 Å². The summed E-state index contributed by atoms with van der Waals surface area (Å²) in [5, 5.41) is 9.82. The molecule has 8 heteroatoms. The van der Waals surface area contributed by atoms with E-state index < -0.39 is 0 Å². The Hall–Kier alpha value is -2.22. The number of rotatable bonds is 7. The molecule has 4 N–H and O–H groups in total.